The van der Waals surface area contributed by atoms with E-state index in [0.29, 0.717) is 42.0 Å². The predicted molar refractivity (Wildman–Crippen MR) is 128 cm³/mol. The summed E-state index contributed by atoms with van der Waals surface area (Å²) in [7, 11) is 1.45. The number of alkyl halides is 3. The molecule has 3 heterocycles. The van der Waals surface area contributed by atoms with Crippen LogP contribution < -0.4 is 15.3 Å². The average molecular weight is 500 g/mol. The molecule has 188 valence electrons. The highest BCUT2D eigenvalue weighted by atomic mass is 19.4. The smallest absolute Gasteiger partial charge is 0.433 e. The van der Waals surface area contributed by atoms with E-state index in [-0.39, 0.29) is 24.0 Å². The van der Waals surface area contributed by atoms with Crippen LogP contribution in [-0.2, 0) is 12.7 Å². The molecule has 2 aromatic carbocycles. The molecule has 0 aliphatic carbocycles. The van der Waals surface area contributed by atoms with Gasteiger partial charge in [-0.15, -0.1) is 0 Å². The van der Waals surface area contributed by atoms with Gasteiger partial charge in [0, 0.05) is 24.8 Å². The maximum absolute atomic E-state index is 14.6. The van der Waals surface area contributed by atoms with Crippen LogP contribution in [0.15, 0.2) is 59.5 Å². The highest BCUT2D eigenvalue weighted by Crippen LogP contribution is 2.35. The summed E-state index contributed by atoms with van der Waals surface area (Å²) in [5, 5.41) is 0. The maximum atomic E-state index is 14.6. The number of fused-ring (bicyclic) bond motifs is 1. The number of hydrogen-bond donors (Lipinski definition) is 0. The lowest BCUT2D eigenvalue weighted by molar-refractivity contribution is -0.141. The van der Waals surface area contributed by atoms with E-state index in [4.69, 9.17) is 4.74 Å². The zero-order valence-electron chi connectivity index (χ0n) is 19.7. The summed E-state index contributed by atoms with van der Waals surface area (Å²) < 4.78 is 63.8. The van der Waals surface area contributed by atoms with Gasteiger partial charge in [-0.05, 0) is 43.2 Å². The Morgan fingerprint density at radius 3 is 2.61 bits per heavy atom. The Kier molecular flexibility index (Phi) is 5.97. The number of anilines is 1. The maximum Gasteiger partial charge on any atom is 0.433 e. The number of halogens is 4. The van der Waals surface area contributed by atoms with E-state index in [1.807, 2.05) is 17.9 Å². The van der Waals surface area contributed by atoms with Crippen molar-refractivity contribution in [2.75, 3.05) is 25.1 Å². The van der Waals surface area contributed by atoms with Crippen molar-refractivity contribution in [3.63, 3.8) is 0 Å². The standard InChI is InChI=1S/C26H24F4N4O2/c1-16-6-3-8-19(27)22(16)32-13-11-18(15-32)34-20-9-4-10-21(36-2)23(20)33(25(34)35)14-17-7-5-12-31-24(17)26(28,29)30/h3-10,12,18H,11,13-15H2,1-2H3. The van der Waals surface area contributed by atoms with Gasteiger partial charge in [-0.25, -0.2) is 9.18 Å². The van der Waals surface area contributed by atoms with Crippen molar-refractivity contribution in [1.29, 1.82) is 0 Å². The normalized spacial score (nSPS) is 16.2. The molecule has 4 aromatic rings. The van der Waals surface area contributed by atoms with Gasteiger partial charge in [-0.1, -0.05) is 24.3 Å². The molecule has 6 nitrogen and oxygen atoms in total. The van der Waals surface area contributed by atoms with Crippen LogP contribution in [0.4, 0.5) is 23.2 Å². The van der Waals surface area contributed by atoms with Gasteiger partial charge in [0.1, 0.15) is 22.8 Å². The Balaban J connectivity index is 1.61. The second-order valence-electron chi connectivity index (χ2n) is 8.87. The molecule has 1 atom stereocenters. The van der Waals surface area contributed by atoms with Crippen LogP contribution in [0.3, 0.4) is 0 Å². The summed E-state index contributed by atoms with van der Waals surface area (Å²) >= 11 is 0. The molecular weight excluding hydrogens is 476 g/mol. The van der Waals surface area contributed by atoms with Crippen molar-refractivity contribution in [2.24, 2.45) is 0 Å². The first-order valence-electron chi connectivity index (χ1n) is 11.5. The third kappa shape index (κ3) is 4.00. The van der Waals surface area contributed by atoms with Crippen LogP contribution in [0.5, 0.6) is 5.75 Å². The quantitative estimate of drug-likeness (QED) is 0.355. The molecule has 1 unspecified atom stereocenters. The fraction of sp³-hybridized carbons (Fsp3) is 0.308. The number of methoxy groups -OCH3 is 1. The van der Waals surface area contributed by atoms with Gasteiger partial charge in [0.05, 0.1) is 30.9 Å². The molecule has 0 amide bonds. The minimum Gasteiger partial charge on any atom is -0.494 e. The lowest BCUT2D eigenvalue weighted by Gasteiger charge is -2.21. The van der Waals surface area contributed by atoms with E-state index in [1.165, 1.54) is 29.9 Å². The minimum absolute atomic E-state index is 0.118. The van der Waals surface area contributed by atoms with E-state index < -0.39 is 17.6 Å². The molecule has 0 saturated carbocycles. The van der Waals surface area contributed by atoms with Crippen LogP contribution in [0.2, 0.25) is 0 Å². The lowest BCUT2D eigenvalue weighted by atomic mass is 10.1. The zero-order chi connectivity index (χ0) is 25.6. The molecule has 2 aromatic heterocycles. The van der Waals surface area contributed by atoms with E-state index in [1.54, 1.807) is 28.8 Å². The van der Waals surface area contributed by atoms with Gasteiger partial charge in [0.15, 0.2) is 0 Å². The van der Waals surface area contributed by atoms with Crippen molar-refractivity contribution in [3.05, 3.63) is 87.9 Å². The Morgan fingerprint density at radius 2 is 1.89 bits per heavy atom. The number of pyridine rings is 1. The molecule has 1 saturated heterocycles. The number of imidazole rings is 1. The molecule has 0 bridgehead atoms. The van der Waals surface area contributed by atoms with Crippen molar-refractivity contribution in [2.45, 2.75) is 32.1 Å². The average Bonchev–Trinajstić information content (AvgIpc) is 3.41. The third-order valence-corrected chi connectivity index (χ3v) is 6.69. The monoisotopic (exact) mass is 500 g/mol. The molecule has 0 radical (unpaired) electrons. The highest BCUT2D eigenvalue weighted by molar-refractivity contribution is 5.83. The van der Waals surface area contributed by atoms with E-state index in [9.17, 15) is 22.4 Å². The molecule has 0 spiro atoms. The molecule has 1 fully saturated rings. The molecule has 5 rings (SSSR count). The summed E-state index contributed by atoms with van der Waals surface area (Å²) in [6.45, 7) is 2.43. The number of hydrogen-bond acceptors (Lipinski definition) is 4. The topological polar surface area (TPSA) is 52.3 Å². The first kappa shape index (κ1) is 23.9. The summed E-state index contributed by atoms with van der Waals surface area (Å²) in [6, 6.07) is 12.5. The van der Waals surface area contributed by atoms with Gasteiger partial charge >= 0.3 is 11.9 Å². The Hall–Kier alpha value is -3.82. The van der Waals surface area contributed by atoms with Crippen LogP contribution in [0, 0.1) is 12.7 Å². The zero-order valence-corrected chi connectivity index (χ0v) is 19.7. The van der Waals surface area contributed by atoms with Gasteiger partial charge in [-0.3, -0.25) is 14.1 Å². The second-order valence-corrected chi connectivity index (χ2v) is 8.87. The van der Waals surface area contributed by atoms with Crippen molar-refractivity contribution in [3.8, 4) is 5.75 Å². The third-order valence-electron chi connectivity index (χ3n) is 6.69. The predicted octanol–water partition coefficient (Wildman–Crippen LogP) is 5.17. The fourth-order valence-corrected chi connectivity index (χ4v) is 5.14. The van der Waals surface area contributed by atoms with E-state index in [2.05, 4.69) is 4.98 Å². The first-order chi connectivity index (χ1) is 17.2. The molecule has 10 heteroatoms. The van der Waals surface area contributed by atoms with Crippen LogP contribution >= 0.6 is 0 Å². The molecular formula is C26H24F4N4O2. The largest absolute Gasteiger partial charge is 0.494 e. The van der Waals surface area contributed by atoms with Gasteiger partial charge in [-0.2, -0.15) is 13.2 Å². The number of aromatic nitrogens is 3. The number of ether oxygens (including phenoxy) is 1. The number of nitrogens with zero attached hydrogens (tertiary/aromatic N) is 4. The summed E-state index contributed by atoms with van der Waals surface area (Å²) in [5.74, 6) is 0.0453. The number of benzene rings is 2. The minimum atomic E-state index is -4.66. The number of rotatable bonds is 5. The Morgan fingerprint density at radius 1 is 1.11 bits per heavy atom. The first-order valence-corrected chi connectivity index (χ1v) is 11.5. The number of para-hydroxylation sites is 2. The number of aryl methyl sites for hydroxylation is 1. The van der Waals surface area contributed by atoms with Gasteiger partial charge in [0.2, 0.25) is 0 Å². The van der Waals surface area contributed by atoms with Crippen molar-refractivity contribution in [1.82, 2.24) is 14.1 Å². The second kappa shape index (κ2) is 9.00. The summed E-state index contributed by atoms with van der Waals surface area (Å²) in [4.78, 5) is 19.2. The van der Waals surface area contributed by atoms with E-state index in [0.717, 1.165) is 11.8 Å². The van der Waals surface area contributed by atoms with Crippen molar-refractivity contribution < 1.29 is 22.3 Å². The molecule has 1 aliphatic rings. The lowest BCUT2D eigenvalue weighted by Crippen LogP contribution is -2.30. The SMILES string of the molecule is COc1cccc2c1n(Cc1cccnc1C(F)(F)F)c(=O)n2C1CCN(c2c(C)cccc2F)C1. The highest BCUT2D eigenvalue weighted by Gasteiger charge is 2.36. The Labute approximate surface area is 204 Å². The molecule has 1 aliphatic heterocycles. The van der Waals surface area contributed by atoms with Crippen LogP contribution in [-0.4, -0.2) is 34.3 Å². The van der Waals surface area contributed by atoms with Crippen LogP contribution in [0.1, 0.15) is 29.3 Å². The summed E-state index contributed by atoms with van der Waals surface area (Å²) in [5.41, 5.74) is 0.643. The van der Waals surface area contributed by atoms with Gasteiger partial charge in [0.25, 0.3) is 0 Å². The molecule has 0 N–H and O–H groups in total. The Bertz CT molecular complexity index is 1470. The van der Waals surface area contributed by atoms with E-state index >= 15 is 0 Å². The fourth-order valence-electron chi connectivity index (χ4n) is 5.14. The van der Waals surface area contributed by atoms with Gasteiger partial charge < -0.3 is 9.64 Å². The van der Waals surface area contributed by atoms with Crippen molar-refractivity contribution >= 4 is 16.7 Å². The van der Waals surface area contributed by atoms with Crippen LogP contribution in [0.25, 0.3) is 11.0 Å². The molecule has 36 heavy (non-hydrogen) atoms. The summed E-state index contributed by atoms with van der Waals surface area (Å²) in [6.07, 6.45) is -3.01.